The maximum absolute atomic E-state index is 12.6. The number of benzene rings is 3. The van der Waals surface area contributed by atoms with E-state index in [0.717, 1.165) is 16.7 Å². The summed E-state index contributed by atoms with van der Waals surface area (Å²) in [7, 11) is 0. The van der Waals surface area contributed by atoms with E-state index >= 15 is 0 Å². The van der Waals surface area contributed by atoms with Gasteiger partial charge in [0, 0.05) is 24.5 Å². The summed E-state index contributed by atoms with van der Waals surface area (Å²) < 4.78 is 5.77. The number of pyridine rings is 1. The van der Waals surface area contributed by atoms with Crippen molar-refractivity contribution in [3.05, 3.63) is 126 Å². The molecule has 4 rings (SSSR count). The average molecular weight is 453 g/mol. The molecule has 0 bridgehead atoms. The molecule has 2 amide bonds. The molecule has 170 valence electrons. The molecule has 0 fully saturated rings. The van der Waals surface area contributed by atoms with Gasteiger partial charge in [0.25, 0.3) is 5.91 Å². The van der Waals surface area contributed by atoms with Crippen LogP contribution in [-0.4, -0.2) is 17.0 Å². The van der Waals surface area contributed by atoms with E-state index in [1.54, 1.807) is 67.0 Å². The normalized spacial score (nSPS) is 11.3. The molecule has 0 saturated heterocycles. The number of nitrogen functional groups attached to an aromatic ring is 1. The van der Waals surface area contributed by atoms with Gasteiger partial charge in [-0.15, -0.1) is 0 Å². The average Bonchev–Trinajstić information content (AvgIpc) is 2.88. The number of hydrogen-bond donors (Lipinski definition) is 3. The van der Waals surface area contributed by atoms with Crippen LogP contribution in [0.3, 0.4) is 0 Å². The first-order chi connectivity index (χ1) is 16.6. The van der Waals surface area contributed by atoms with Gasteiger partial charge in [0.1, 0.15) is 0 Å². The molecule has 0 saturated carbocycles. The summed E-state index contributed by atoms with van der Waals surface area (Å²) >= 11 is 0. The van der Waals surface area contributed by atoms with Gasteiger partial charge in [-0.05, 0) is 47.0 Å². The molecule has 0 unspecified atom stereocenters. The lowest BCUT2D eigenvalue weighted by molar-refractivity contribution is 0.102. The molecule has 4 aromatic rings. The molecular weight excluding hydrogens is 428 g/mol. The smallest absolute Gasteiger partial charge is 0.408 e. The minimum atomic E-state index is -0.642. The Morgan fingerprint density at radius 2 is 1.56 bits per heavy atom. The number of amides is 2. The number of rotatable bonds is 7. The lowest BCUT2D eigenvalue weighted by atomic mass is 10.00. The van der Waals surface area contributed by atoms with Crippen LogP contribution in [0.2, 0.25) is 0 Å². The van der Waals surface area contributed by atoms with E-state index in [1.165, 1.54) is 0 Å². The Kier molecular flexibility index (Phi) is 7.15. The SMILES string of the molecule is Nc1ccccc1NC(=O)c1ccc([C@@H](OC(=O)NCc2cccnc2)c2ccccc2)cc1. The van der Waals surface area contributed by atoms with Crippen LogP contribution in [0.5, 0.6) is 0 Å². The molecule has 7 nitrogen and oxygen atoms in total. The van der Waals surface area contributed by atoms with Gasteiger partial charge in [-0.2, -0.15) is 0 Å². The van der Waals surface area contributed by atoms with Crippen molar-refractivity contribution in [2.45, 2.75) is 12.6 Å². The molecule has 1 atom stereocenters. The van der Waals surface area contributed by atoms with E-state index in [1.807, 2.05) is 36.4 Å². The van der Waals surface area contributed by atoms with Crippen molar-refractivity contribution in [1.82, 2.24) is 10.3 Å². The number of aromatic nitrogens is 1. The largest absolute Gasteiger partial charge is 0.436 e. The number of hydrogen-bond acceptors (Lipinski definition) is 5. The highest BCUT2D eigenvalue weighted by molar-refractivity contribution is 6.05. The second-order valence-corrected chi connectivity index (χ2v) is 7.57. The first kappa shape index (κ1) is 22.5. The van der Waals surface area contributed by atoms with Crippen LogP contribution in [0.15, 0.2) is 103 Å². The van der Waals surface area contributed by atoms with Crippen LogP contribution in [0.25, 0.3) is 0 Å². The Labute approximate surface area is 197 Å². The Morgan fingerprint density at radius 1 is 0.853 bits per heavy atom. The molecular formula is C27H24N4O3. The zero-order chi connectivity index (χ0) is 23.8. The van der Waals surface area contributed by atoms with Crippen molar-refractivity contribution in [3.8, 4) is 0 Å². The van der Waals surface area contributed by atoms with Crippen LogP contribution in [-0.2, 0) is 11.3 Å². The predicted molar refractivity (Wildman–Crippen MR) is 131 cm³/mol. The Bertz CT molecular complexity index is 1250. The van der Waals surface area contributed by atoms with Crippen molar-refractivity contribution < 1.29 is 14.3 Å². The van der Waals surface area contributed by atoms with Crippen LogP contribution < -0.4 is 16.4 Å². The van der Waals surface area contributed by atoms with Gasteiger partial charge in [-0.3, -0.25) is 9.78 Å². The molecule has 3 aromatic carbocycles. The molecule has 0 radical (unpaired) electrons. The van der Waals surface area contributed by atoms with Gasteiger partial charge in [0.2, 0.25) is 0 Å². The highest BCUT2D eigenvalue weighted by Crippen LogP contribution is 2.27. The number of anilines is 2. The summed E-state index contributed by atoms with van der Waals surface area (Å²) in [6.45, 7) is 0.301. The fraction of sp³-hybridized carbons (Fsp3) is 0.0741. The van der Waals surface area contributed by atoms with E-state index in [9.17, 15) is 9.59 Å². The minimum Gasteiger partial charge on any atom is -0.436 e. The zero-order valence-corrected chi connectivity index (χ0v) is 18.3. The van der Waals surface area contributed by atoms with Gasteiger partial charge < -0.3 is 21.1 Å². The molecule has 1 aromatic heterocycles. The Hall–Kier alpha value is -4.65. The molecule has 0 aliphatic heterocycles. The molecule has 0 aliphatic carbocycles. The first-order valence-electron chi connectivity index (χ1n) is 10.7. The van der Waals surface area contributed by atoms with Crippen molar-refractivity contribution in [2.75, 3.05) is 11.1 Å². The standard InChI is InChI=1S/C27H24N4O3/c28-23-10-4-5-11-24(23)31-26(32)22-14-12-21(13-15-22)25(20-8-2-1-3-9-20)34-27(33)30-18-19-7-6-16-29-17-19/h1-17,25H,18,28H2,(H,30,33)(H,31,32)/t25-/m0/s1. The Balaban J connectivity index is 1.48. The summed E-state index contributed by atoms with van der Waals surface area (Å²) in [5, 5.41) is 5.56. The van der Waals surface area contributed by atoms with Crippen molar-refractivity contribution in [1.29, 1.82) is 0 Å². The number of nitrogens with one attached hydrogen (secondary N) is 2. The van der Waals surface area contributed by atoms with Gasteiger partial charge in [0.05, 0.1) is 11.4 Å². The first-order valence-corrected chi connectivity index (χ1v) is 10.7. The van der Waals surface area contributed by atoms with Crippen LogP contribution in [0, 0.1) is 0 Å². The monoisotopic (exact) mass is 452 g/mol. The van der Waals surface area contributed by atoms with Crippen molar-refractivity contribution >= 4 is 23.4 Å². The number of carbonyl (C=O) groups is 2. The van der Waals surface area contributed by atoms with E-state index in [4.69, 9.17) is 10.5 Å². The maximum Gasteiger partial charge on any atom is 0.408 e. The van der Waals surface area contributed by atoms with Crippen LogP contribution in [0.4, 0.5) is 16.2 Å². The third kappa shape index (κ3) is 5.77. The zero-order valence-electron chi connectivity index (χ0n) is 18.3. The highest BCUT2D eigenvalue weighted by Gasteiger charge is 2.20. The number of carbonyl (C=O) groups excluding carboxylic acids is 2. The quantitative estimate of drug-likeness (QED) is 0.345. The third-order valence-corrected chi connectivity index (χ3v) is 5.17. The van der Waals surface area contributed by atoms with Gasteiger partial charge in [-0.1, -0.05) is 60.7 Å². The minimum absolute atomic E-state index is 0.282. The fourth-order valence-electron chi connectivity index (χ4n) is 3.40. The molecule has 4 N–H and O–H groups in total. The molecule has 0 spiro atoms. The summed E-state index contributed by atoms with van der Waals surface area (Å²) in [6.07, 6.45) is 2.16. The molecule has 0 aliphatic rings. The topological polar surface area (TPSA) is 106 Å². The van der Waals surface area contributed by atoms with Gasteiger partial charge in [-0.25, -0.2) is 4.79 Å². The van der Waals surface area contributed by atoms with Gasteiger partial charge >= 0.3 is 6.09 Å². The number of nitrogens with two attached hydrogens (primary N) is 1. The second-order valence-electron chi connectivity index (χ2n) is 7.57. The molecule has 1 heterocycles. The van der Waals surface area contributed by atoms with E-state index in [-0.39, 0.29) is 5.91 Å². The lowest BCUT2D eigenvalue weighted by Crippen LogP contribution is -2.26. The van der Waals surface area contributed by atoms with E-state index in [2.05, 4.69) is 15.6 Å². The molecule has 7 heteroatoms. The summed E-state index contributed by atoms with van der Waals surface area (Å²) in [5.74, 6) is -0.282. The van der Waals surface area contributed by atoms with Crippen molar-refractivity contribution in [2.24, 2.45) is 0 Å². The third-order valence-electron chi connectivity index (χ3n) is 5.17. The second kappa shape index (κ2) is 10.8. The predicted octanol–water partition coefficient (Wildman–Crippen LogP) is 4.93. The van der Waals surface area contributed by atoms with Crippen LogP contribution >= 0.6 is 0 Å². The van der Waals surface area contributed by atoms with E-state index < -0.39 is 12.2 Å². The highest BCUT2D eigenvalue weighted by atomic mass is 16.6. The Morgan fingerprint density at radius 3 is 2.26 bits per heavy atom. The van der Waals surface area contributed by atoms with Crippen LogP contribution in [0.1, 0.15) is 33.2 Å². The van der Waals surface area contributed by atoms with E-state index in [0.29, 0.717) is 23.5 Å². The number of ether oxygens (including phenoxy) is 1. The number of alkyl carbamates (subject to hydrolysis) is 1. The van der Waals surface area contributed by atoms with Crippen molar-refractivity contribution in [3.63, 3.8) is 0 Å². The van der Waals surface area contributed by atoms with Gasteiger partial charge in [0.15, 0.2) is 6.10 Å². The summed E-state index contributed by atoms with van der Waals surface area (Å²) in [5.41, 5.74) is 9.82. The lowest BCUT2D eigenvalue weighted by Gasteiger charge is -2.19. The maximum atomic E-state index is 12.6. The number of nitrogens with zero attached hydrogens (tertiary/aromatic N) is 1. The molecule has 34 heavy (non-hydrogen) atoms. The summed E-state index contributed by atoms with van der Waals surface area (Å²) in [6, 6.07) is 27.1. The summed E-state index contributed by atoms with van der Waals surface area (Å²) in [4.78, 5) is 29.2. The fourth-order valence-corrected chi connectivity index (χ4v) is 3.40. The number of para-hydroxylation sites is 2.